The second-order valence-corrected chi connectivity index (χ2v) is 5.31. The smallest absolute Gasteiger partial charge is 0.191 e. The maximum Gasteiger partial charge on any atom is 0.191 e. The van der Waals surface area contributed by atoms with Gasteiger partial charge in [-0.25, -0.2) is 13.8 Å². The first-order valence-electron chi connectivity index (χ1n) is 7.81. The molecule has 0 saturated heterocycles. The van der Waals surface area contributed by atoms with Gasteiger partial charge in [-0.3, -0.25) is 0 Å². The van der Waals surface area contributed by atoms with Crippen molar-refractivity contribution in [1.82, 2.24) is 10.6 Å². The molecule has 23 heavy (non-hydrogen) atoms. The Bertz CT molecular complexity index is 508. The maximum absolute atomic E-state index is 13.4. The molecule has 4 nitrogen and oxygen atoms in total. The van der Waals surface area contributed by atoms with E-state index in [1.165, 1.54) is 37.8 Å². The van der Waals surface area contributed by atoms with Gasteiger partial charge in [-0.1, -0.05) is 12.8 Å². The van der Waals surface area contributed by atoms with Crippen molar-refractivity contribution in [2.75, 3.05) is 19.7 Å². The Balaban J connectivity index is 0.00000264. The molecule has 2 rings (SSSR count). The number of rotatable bonds is 6. The van der Waals surface area contributed by atoms with Crippen molar-refractivity contribution in [3.05, 3.63) is 29.8 Å². The molecule has 1 aliphatic rings. The molecule has 0 heterocycles. The Morgan fingerprint density at radius 2 is 2.04 bits per heavy atom. The molecule has 1 aliphatic carbocycles. The van der Waals surface area contributed by atoms with Crippen molar-refractivity contribution in [2.45, 2.75) is 38.6 Å². The van der Waals surface area contributed by atoms with Crippen LogP contribution >= 0.6 is 24.0 Å². The van der Waals surface area contributed by atoms with Gasteiger partial charge in [0.1, 0.15) is 12.4 Å². The van der Waals surface area contributed by atoms with E-state index < -0.39 is 11.6 Å². The molecule has 0 aliphatic heterocycles. The van der Waals surface area contributed by atoms with Crippen molar-refractivity contribution in [3.63, 3.8) is 0 Å². The molecule has 1 fully saturated rings. The highest BCUT2D eigenvalue weighted by Crippen LogP contribution is 2.18. The van der Waals surface area contributed by atoms with Crippen LogP contribution in [0.25, 0.3) is 0 Å². The summed E-state index contributed by atoms with van der Waals surface area (Å²) in [4.78, 5) is 4.41. The van der Waals surface area contributed by atoms with Gasteiger partial charge in [0, 0.05) is 18.7 Å². The van der Waals surface area contributed by atoms with Gasteiger partial charge in [0.25, 0.3) is 0 Å². The number of halogens is 3. The second kappa shape index (κ2) is 10.6. The third-order valence-electron chi connectivity index (χ3n) is 3.55. The van der Waals surface area contributed by atoms with Crippen LogP contribution in [0.4, 0.5) is 8.78 Å². The van der Waals surface area contributed by atoms with Gasteiger partial charge in [-0.05, 0) is 31.9 Å². The van der Waals surface area contributed by atoms with Crippen LogP contribution in [0.5, 0.6) is 5.75 Å². The first-order valence-corrected chi connectivity index (χ1v) is 7.81. The number of ether oxygens (including phenoxy) is 1. The standard InChI is InChI=1S/C16H23F2N3O.HI/c1-2-19-16(21-13-5-3-4-6-13)20-9-10-22-15-8-7-12(17)11-14(15)18;/h7-8,11,13H,2-6,9-10H2,1H3,(H2,19,20,21);1H. The van der Waals surface area contributed by atoms with Gasteiger partial charge >= 0.3 is 0 Å². The number of nitrogens with zero attached hydrogens (tertiary/aromatic N) is 1. The summed E-state index contributed by atoms with van der Waals surface area (Å²) in [5.74, 6) is -0.499. The lowest BCUT2D eigenvalue weighted by Crippen LogP contribution is -2.42. The van der Waals surface area contributed by atoms with E-state index in [2.05, 4.69) is 15.6 Å². The first-order chi connectivity index (χ1) is 10.7. The monoisotopic (exact) mass is 439 g/mol. The van der Waals surface area contributed by atoms with Crippen molar-refractivity contribution in [1.29, 1.82) is 0 Å². The largest absolute Gasteiger partial charge is 0.489 e. The van der Waals surface area contributed by atoms with Gasteiger partial charge in [-0.15, -0.1) is 24.0 Å². The van der Waals surface area contributed by atoms with Crippen LogP contribution < -0.4 is 15.4 Å². The lowest BCUT2D eigenvalue weighted by atomic mass is 10.2. The normalized spacial score (nSPS) is 15.2. The summed E-state index contributed by atoms with van der Waals surface area (Å²) < 4.78 is 31.5. The minimum Gasteiger partial charge on any atom is -0.489 e. The van der Waals surface area contributed by atoms with Gasteiger partial charge in [0.15, 0.2) is 17.5 Å². The molecule has 0 amide bonds. The fourth-order valence-corrected chi connectivity index (χ4v) is 2.49. The summed E-state index contributed by atoms with van der Waals surface area (Å²) in [7, 11) is 0. The molecule has 0 aromatic heterocycles. The Hall–Kier alpha value is -1.12. The quantitative estimate of drug-likeness (QED) is 0.309. The molecule has 1 aromatic rings. The Morgan fingerprint density at radius 1 is 1.30 bits per heavy atom. The molecule has 0 radical (unpaired) electrons. The van der Waals surface area contributed by atoms with Crippen LogP contribution in [0.1, 0.15) is 32.6 Å². The van der Waals surface area contributed by atoms with E-state index in [4.69, 9.17) is 4.74 Å². The lowest BCUT2D eigenvalue weighted by molar-refractivity contribution is 0.310. The summed E-state index contributed by atoms with van der Waals surface area (Å²) in [6, 6.07) is 3.75. The minimum atomic E-state index is -0.694. The van der Waals surface area contributed by atoms with Crippen molar-refractivity contribution in [3.8, 4) is 5.75 Å². The number of nitrogens with one attached hydrogen (secondary N) is 2. The van der Waals surface area contributed by atoms with E-state index in [9.17, 15) is 8.78 Å². The van der Waals surface area contributed by atoms with Crippen LogP contribution in [0.15, 0.2) is 23.2 Å². The summed E-state index contributed by atoms with van der Waals surface area (Å²) in [6.45, 7) is 3.44. The zero-order valence-electron chi connectivity index (χ0n) is 13.3. The number of hydrogen-bond acceptors (Lipinski definition) is 2. The molecule has 1 saturated carbocycles. The van der Waals surface area contributed by atoms with Crippen molar-refractivity contribution < 1.29 is 13.5 Å². The Morgan fingerprint density at radius 3 is 2.70 bits per heavy atom. The summed E-state index contributed by atoms with van der Waals surface area (Å²) in [5.41, 5.74) is 0. The van der Waals surface area contributed by atoms with E-state index in [-0.39, 0.29) is 36.3 Å². The lowest BCUT2D eigenvalue weighted by Gasteiger charge is -2.16. The van der Waals surface area contributed by atoms with Gasteiger partial charge in [0.05, 0.1) is 6.54 Å². The zero-order chi connectivity index (χ0) is 15.8. The summed E-state index contributed by atoms with van der Waals surface area (Å²) in [6.07, 6.45) is 4.84. The Kier molecular flexibility index (Phi) is 9.20. The van der Waals surface area contributed by atoms with Gasteiger partial charge in [-0.2, -0.15) is 0 Å². The molecule has 2 N–H and O–H groups in total. The first kappa shape index (κ1) is 19.9. The SMILES string of the molecule is CCNC(=NCCOc1ccc(F)cc1F)NC1CCCC1.I. The highest BCUT2D eigenvalue weighted by atomic mass is 127. The third kappa shape index (κ3) is 6.88. The van der Waals surface area contributed by atoms with Crippen molar-refractivity contribution >= 4 is 29.9 Å². The van der Waals surface area contributed by atoms with E-state index in [0.717, 1.165) is 18.6 Å². The van der Waals surface area contributed by atoms with E-state index in [1.807, 2.05) is 6.92 Å². The van der Waals surface area contributed by atoms with Crippen LogP contribution in [0.2, 0.25) is 0 Å². The molecular weight excluding hydrogens is 415 g/mol. The van der Waals surface area contributed by atoms with E-state index in [1.54, 1.807) is 0 Å². The van der Waals surface area contributed by atoms with Crippen molar-refractivity contribution in [2.24, 2.45) is 4.99 Å². The summed E-state index contributed by atoms with van der Waals surface area (Å²) in [5, 5.41) is 6.58. The van der Waals surface area contributed by atoms with Crippen LogP contribution in [-0.2, 0) is 0 Å². The topological polar surface area (TPSA) is 45.7 Å². The van der Waals surface area contributed by atoms with Crippen LogP contribution in [-0.4, -0.2) is 31.7 Å². The summed E-state index contributed by atoms with van der Waals surface area (Å²) >= 11 is 0. The fourth-order valence-electron chi connectivity index (χ4n) is 2.49. The number of benzene rings is 1. The zero-order valence-corrected chi connectivity index (χ0v) is 15.6. The molecule has 0 atom stereocenters. The Labute approximate surface area is 153 Å². The molecule has 0 spiro atoms. The third-order valence-corrected chi connectivity index (χ3v) is 3.55. The van der Waals surface area contributed by atoms with Crippen LogP contribution in [0.3, 0.4) is 0 Å². The number of hydrogen-bond donors (Lipinski definition) is 2. The van der Waals surface area contributed by atoms with E-state index >= 15 is 0 Å². The number of aliphatic imine (C=N–C) groups is 1. The highest BCUT2D eigenvalue weighted by Gasteiger charge is 2.15. The van der Waals surface area contributed by atoms with E-state index in [0.29, 0.717) is 12.6 Å². The van der Waals surface area contributed by atoms with Gasteiger partial charge < -0.3 is 15.4 Å². The molecule has 7 heteroatoms. The van der Waals surface area contributed by atoms with Gasteiger partial charge in [0.2, 0.25) is 0 Å². The molecule has 130 valence electrons. The molecule has 0 bridgehead atoms. The number of guanidine groups is 1. The predicted molar refractivity (Wildman–Crippen MR) is 98.6 cm³/mol. The average Bonchev–Trinajstić information content (AvgIpc) is 2.98. The molecule has 1 aromatic carbocycles. The second-order valence-electron chi connectivity index (χ2n) is 5.31. The predicted octanol–water partition coefficient (Wildman–Crippen LogP) is 3.46. The minimum absolute atomic E-state index is 0. The molecule has 0 unspecified atom stereocenters. The maximum atomic E-state index is 13.4. The van der Waals surface area contributed by atoms with Crippen LogP contribution in [0, 0.1) is 11.6 Å². The molecular formula is C16H24F2IN3O. The highest BCUT2D eigenvalue weighted by molar-refractivity contribution is 14.0. The average molecular weight is 439 g/mol. The fraction of sp³-hybridized carbons (Fsp3) is 0.562.